The van der Waals surface area contributed by atoms with E-state index in [9.17, 15) is 0 Å². The molecule has 0 N–H and O–H groups in total. The van der Waals surface area contributed by atoms with Gasteiger partial charge >= 0.3 is 0 Å². The molecular weight excluding hydrogens is 256 g/mol. The molecule has 0 radical (unpaired) electrons. The summed E-state index contributed by atoms with van der Waals surface area (Å²) in [4.78, 5) is 7.01. The Morgan fingerprint density at radius 1 is 1.37 bits per heavy atom. The quantitative estimate of drug-likeness (QED) is 0.856. The van der Waals surface area contributed by atoms with Gasteiger partial charge in [-0.05, 0) is 42.0 Å². The van der Waals surface area contributed by atoms with Crippen molar-refractivity contribution < 1.29 is 4.74 Å². The third-order valence-electron chi connectivity index (χ3n) is 3.41. The van der Waals surface area contributed by atoms with Gasteiger partial charge in [-0.1, -0.05) is 6.07 Å². The van der Waals surface area contributed by atoms with Gasteiger partial charge < -0.3 is 9.64 Å². The van der Waals surface area contributed by atoms with Gasteiger partial charge in [-0.25, -0.2) is 4.98 Å². The standard InChI is InChI=1S/C15H18N2OS/c1-17-9-2-4-12-6-7-13(16-15(12)17)8-10-18-14-5-3-11-19-14/h3,5-7,11H,2,4,8-10H2,1H3. The minimum absolute atomic E-state index is 0.690. The van der Waals surface area contributed by atoms with Gasteiger partial charge in [0.2, 0.25) is 0 Å². The Kier molecular flexibility index (Phi) is 3.69. The highest BCUT2D eigenvalue weighted by Gasteiger charge is 2.15. The molecule has 0 aromatic carbocycles. The number of nitrogens with zero attached hydrogens (tertiary/aromatic N) is 2. The molecule has 3 nitrogen and oxygen atoms in total. The second kappa shape index (κ2) is 5.61. The van der Waals surface area contributed by atoms with Gasteiger partial charge in [0.05, 0.1) is 6.61 Å². The van der Waals surface area contributed by atoms with E-state index in [4.69, 9.17) is 9.72 Å². The van der Waals surface area contributed by atoms with E-state index in [0.29, 0.717) is 6.61 Å². The highest BCUT2D eigenvalue weighted by Crippen LogP contribution is 2.24. The van der Waals surface area contributed by atoms with Crippen LogP contribution < -0.4 is 9.64 Å². The van der Waals surface area contributed by atoms with Gasteiger partial charge in [0.1, 0.15) is 5.82 Å². The van der Waals surface area contributed by atoms with E-state index in [2.05, 4.69) is 24.1 Å². The number of aromatic nitrogens is 1. The van der Waals surface area contributed by atoms with Crippen molar-refractivity contribution in [2.75, 3.05) is 25.1 Å². The third kappa shape index (κ3) is 2.89. The number of thiophene rings is 1. The van der Waals surface area contributed by atoms with E-state index in [0.717, 1.165) is 36.0 Å². The van der Waals surface area contributed by atoms with E-state index in [1.165, 1.54) is 12.0 Å². The van der Waals surface area contributed by atoms with Gasteiger partial charge in [0.15, 0.2) is 5.06 Å². The van der Waals surface area contributed by atoms with Gasteiger partial charge in [-0.3, -0.25) is 0 Å². The van der Waals surface area contributed by atoms with Gasteiger partial charge in [-0.15, -0.1) is 11.3 Å². The number of hydrogen-bond donors (Lipinski definition) is 0. The average molecular weight is 274 g/mol. The van der Waals surface area contributed by atoms with Crippen LogP contribution in [-0.2, 0) is 12.8 Å². The van der Waals surface area contributed by atoms with Crippen LogP contribution in [0, 0.1) is 0 Å². The van der Waals surface area contributed by atoms with Crippen molar-refractivity contribution >= 4 is 17.2 Å². The summed E-state index contributed by atoms with van der Waals surface area (Å²) in [6, 6.07) is 8.36. The van der Waals surface area contributed by atoms with Crippen LogP contribution in [0.2, 0.25) is 0 Å². The van der Waals surface area contributed by atoms with Crippen LogP contribution >= 0.6 is 11.3 Å². The molecule has 3 rings (SSSR count). The molecule has 2 aromatic heterocycles. The molecule has 1 aliphatic heterocycles. The van der Waals surface area contributed by atoms with Gasteiger partial charge in [0, 0.05) is 25.7 Å². The Hall–Kier alpha value is -1.55. The van der Waals surface area contributed by atoms with E-state index in [1.54, 1.807) is 11.3 Å². The second-order valence-electron chi connectivity index (χ2n) is 4.84. The highest BCUT2D eigenvalue weighted by molar-refractivity contribution is 7.11. The third-order valence-corrected chi connectivity index (χ3v) is 4.19. The van der Waals surface area contributed by atoms with Crippen LogP contribution in [0.3, 0.4) is 0 Å². The summed E-state index contributed by atoms with van der Waals surface area (Å²) in [7, 11) is 2.12. The first kappa shape index (κ1) is 12.5. The molecule has 3 heterocycles. The van der Waals surface area contributed by atoms with Crippen LogP contribution in [0.4, 0.5) is 5.82 Å². The monoisotopic (exact) mass is 274 g/mol. The Morgan fingerprint density at radius 3 is 3.16 bits per heavy atom. The molecule has 0 amide bonds. The average Bonchev–Trinajstić information content (AvgIpc) is 2.93. The van der Waals surface area contributed by atoms with Crippen molar-refractivity contribution in [3.05, 3.63) is 40.9 Å². The highest BCUT2D eigenvalue weighted by atomic mass is 32.1. The van der Waals surface area contributed by atoms with Crippen LogP contribution in [-0.4, -0.2) is 25.2 Å². The Labute approximate surface area is 117 Å². The molecule has 4 heteroatoms. The molecule has 0 saturated heterocycles. The van der Waals surface area contributed by atoms with Gasteiger partial charge in [-0.2, -0.15) is 0 Å². The number of anilines is 1. The first-order valence-electron chi connectivity index (χ1n) is 6.69. The summed E-state index contributed by atoms with van der Waals surface area (Å²) in [5, 5.41) is 3.01. The fraction of sp³-hybridized carbons (Fsp3) is 0.400. The number of pyridine rings is 1. The smallest absolute Gasteiger partial charge is 0.173 e. The zero-order chi connectivity index (χ0) is 13.1. The largest absolute Gasteiger partial charge is 0.484 e. The maximum atomic E-state index is 5.69. The van der Waals surface area contributed by atoms with Crippen LogP contribution in [0.1, 0.15) is 17.7 Å². The molecule has 0 spiro atoms. The predicted octanol–water partition coefficient (Wildman–Crippen LogP) is 3.15. The molecule has 2 aromatic rings. The molecule has 0 fully saturated rings. The minimum atomic E-state index is 0.690. The van der Waals surface area contributed by atoms with E-state index < -0.39 is 0 Å². The summed E-state index contributed by atoms with van der Waals surface area (Å²) in [6.45, 7) is 1.80. The number of aryl methyl sites for hydroxylation is 1. The molecule has 19 heavy (non-hydrogen) atoms. The zero-order valence-electron chi connectivity index (χ0n) is 11.1. The second-order valence-corrected chi connectivity index (χ2v) is 5.75. The van der Waals surface area contributed by atoms with Gasteiger partial charge in [0.25, 0.3) is 0 Å². The zero-order valence-corrected chi connectivity index (χ0v) is 11.9. The summed E-state index contributed by atoms with van der Waals surface area (Å²) in [5.41, 5.74) is 2.49. The summed E-state index contributed by atoms with van der Waals surface area (Å²) >= 11 is 1.63. The Morgan fingerprint density at radius 2 is 2.32 bits per heavy atom. The number of rotatable bonds is 4. The van der Waals surface area contributed by atoms with Crippen molar-refractivity contribution in [3.63, 3.8) is 0 Å². The van der Waals surface area contributed by atoms with Crippen molar-refractivity contribution in [1.29, 1.82) is 0 Å². The lowest BCUT2D eigenvalue weighted by Gasteiger charge is -2.26. The Balaban J connectivity index is 1.63. The summed E-state index contributed by atoms with van der Waals surface area (Å²) in [6.07, 6.45) is 3.24. The summed E-state index contributed by atoms with van der Waals surface area (Å²) in [5.74, 6) is 1.15. The molecule has 0 atom stereocenters. The maximum absolute atomic E-state index is 5.69. The molecule has 0 bridgehead atoms. The fourth-order valence-electron chi connectivity index (χ4n) is 2.40. The number of hydrogen-bond acceptors (Lipinski definition) is 4. The van der Waals surface area contributed by atoms with Crippen molar-refractivity contribution in [3.8, 4) is 5.06 Å². The van der Waals surface area contributed by atoms with Crippen LogP contribution in [0.5, 0.6) is 5.06 Å². The molecule has 100 valence electrons. The van der Waals surface area contributed by atoms with Crippen LogP contribution in [0.25, 0.3) is 0 Å². The van der Waals surface area contributed by atoms with Crippen molar-refractivity contribution in [2.45, 2.75) is 19.3 Å². The first-order chi connectivity index (χ1) is 9.33. The SMILES string of the molecule is CN1CCCc2ccc(CCOc3cccs3)nc21. The normalized spacial score (nSPS) is 14.3. The molecule has 1 aliphatic rings. The number of fused-ring (bicyclic) bond motifs is 1. The lowest BCUT2D eigenvalue weighted by molar-refractivity contribution is 0.330. The topological polar surface area (TPSA) is 25.4 Å². The summed E-state index contributed by atoms with van der Waals surface area (Å²) < 4.78 is 5.69. The van der Waals surface area contributed by atoms with E-state index in [-0.39, 0.29) is 0 Å². The predicted molar refractivity (Wildman–Crippen MR) is 79.3 cm³/mol. The molecule has 0 saturated carbocycles. The lowest BCUT2D eigenvalue weighted by atomic mass is 10.1. The van der Waals surface area contributed by atoms with Crippen molar-refractivity contribution in [2.24, 2.45) is 0 Å². The molecule has 0 unspecified atom stereocenters. The number of ether oxygens (including phenoxy) is 1. The lowest BCUT2D eigenvalue weighted by Crippen LogP contribution is -2.26. The maximum Gasteiger partial charge on any atom is 0.173 e. The van der Waals surface area contributed by atoms with Crippen molar-refractivity contribution in [1.82, 2.24) is 4.98 Å². The first-order valence-corrected chi connectivity index (χ1v) is 7.57. The van der Waals surface area contributed by atoms with E-state index in [1.807, 2.05) is 17.5 Å². The molecule has 0 aliphatic carbocycles. The Bertz CT molecular complexity index is 539. The van der Waals surface area contributed by atoms with E-state index >= 15 is 0 Å². The molecular formula is C15H18N2OS. The minimum Gasteiger partial charge on any atom is -0.484 e. The fourth-order valence-corrected chi connectivity index (χ4v) is 3.00. The van der Waals surface area contributed by atoms with Crippen LogP contribution in [0.15, 0.2) is 29.6 Å².